The number of benzene rings is 3. The molecular formula is C23H18N2O3. The second kappa shape index (κ2) is 7.80. The maximum Gasteiger partial charge on any atom is 0.282 e. The number of hydrogen-bond donors (Lipinski definition) is 1. The van der Waals surface area contributed by atoms with Gasteiger partial charge in [-0.3, -0.25) is 15.0 Å². The van der Waals surface area contributed by atoms with Gasteiger partial charge >= 0.3 is 0 Å². The molecule has 1 fully saturated rings. The molecular weight excluding hydrogens is 352 g/mol. The van der Waals surface area contributed by atoms with Gasteiger partial charge in [0.1, 0.15) is 17.9 Å². The Morgan fingerprint density at radius 2 is 1.46 bits per heavy atom. The Bertz CT molecular complexity index is 1030. The highest BCUT2D eigenvalue weighted by molar-refractivity contribution is 6.31. The molecule has 0 unspecified atom stereocenters. The molecule has 0 saturated carbocycles. The van der Waals surface area contributed by atoms with Gasteiger partial charge in [0.15, 0.2) is 0 Å². The van der Waals surface area contributed by atoms with Crippen molar-refractivity contribution in [2.75, 3.05) is 5.01 Å². The molecule has 1 aliphatic rings. The molecule has 1 N–H and O–H groups in total. The first-order valence-electron chi connectivity index (χ1n) is 8.90. The van der Waals surface area contributed by atoms with Crippen LogP contribution in [0.2, 0.25) is 0 Å². The molecule has 5 heteroatoms. The summed E-state index contributed by atoms with van der Waals surface area (Å²) in [6.45, 7) is 0.400. The SMILES string of the molecule is O=C1NN(c2ccccc2)C(=O)/C1=C/c1ccccc1OCc1ccccc1. The number of anilines is 1. The number of rotatable bonds is 5. The van der Waals surface area contributed by atoms with Crippen LogP contribution >= 0.6 is 0 Å². The molecule has 3 aromatic carbocycles. The van der Waals surface area contributed by atoms with Gasteiger partial charge in [0.2, 0.25) is 0 Å². The third-order valence-electron chi connectivity index (χ3n) is 4.36. The highest BCUT2D eigenvalue weighted by Gasteiger charge is 2.34. The molecule has 1 saturated heterocycles. The van der Waals surface area contributed by atoms with Gasteiger partial charge in [-0.2, -0.15) is 0 Å². The topological polar surface area (TPSA) is 58.6 Å². The lowest BCUT2D eigenvalue weighted by Crippen LogP contribution is -2.35. The number of amides is 2. The van der Waals surface area contributed by atoms with Crippen molar-refractivity contribution in [3.05, 3.63) is 102 Å². The van der Waals surface area contributed by atoms with Crippen LogP contribution in [0.15, 0.2) is 90.5 Å². The van der Waals surface area contributed by atoms with E-state index in [1.807, 2.05) is 72.8 Å². The highest BCUT2D eigenvalue weighted by Crippen LogP contribution is 2.26. The van der Waals surface area contributed by atoms with Gasteiger partial charge in [0.25, 0.3) is 11.8 Å². The fraction of sp³-hybridized carbons (Fsp3) is 0.0435. The van der Waals surface area contributed by atoms with E-state index in [1.54, 1.807) is 18.2 Å². The number of carbonyl (C=O) groups excluding carboxylic acids is 2. The van der Waals surface area contributed by atoms with Gasteiger partial charge < -0.3 is 4.74 Å². The van der Waals surface area contributed by atoms with Crippen LogP contribution in [0, 0.1) is 0 Å². The third-order valence-corrected chi connectivity index (χ3v) is 4.36. The van der Waals surface area contributed by atoms with Crippen LogP contribution in [0.25, 0.3) is 6.08 Å². The smallest absolute Gasteiger partial charge is 0.282 e. The number of nitrogens with zero attached hydrogens (tertiary/aromatic N) is 1. The second-order valence-corrected chi connectivity index (χ2v) is 6.29. The van der Waals surface area contributed by atoms with Crippen molar-refractivity contribution in [2.45, 2.75) is 6.61 Å². The molecule has 5 nitrogen and oxygen atoms in total. The predicted octanol–water partition coefficient (Wildman–Crippen LogP) is 3.73. The lowest BCUT2D eigenvalue weighted by Gasteiger charge is -2.14. The average molecular weight is 370 g/mol. The van der Waals surface area contributed by atoms with Gasteiger partial charge in [-0.1, -0.05) is 66.7 Å². The van der Waals surface area contributed by atoms with Crippen molar-refractivity contribution < 1.29 is 14.3 Å². The molecule has 3 aromatic rings. The summed E-state index contributed by atoms with van der Waals surface area (Å²) >= 11 is 0. The Kier molecular flexibility index (Phi) is 4.89. The largest absolute Gasteiger partial charge is 0.488 e. The number of hydrazine groups is 1. The molecule has 0 atom stereocenters. The van der Waals surface area contributed by atoms with E-state index in [4.69, 9.17) is 4.74 Å². The van der Waals surface area contributed by atoms with Gasteiger partial charge in [-0.25, -0.2) is 5.01 Å². The first kappa shape index (κ1) is 17.5. The Balaban J connectivity index is 1.59. The number of para-hydroxylation sites is 2. The molecule has 0 aromatic heterocycles. The second-order valence-electron chi connectivity index (χ2n) is 6.29. The first-order chi connectivity index (χ1) is 13.7. The van der Waals surface area contributed by atoms with Crippen molar-refractivity contribution in [1.82, 2.24) is 5.43 Å². The van der Waals surface area contributed by atoms with Crippen LogP contribution in [0.1, 0.15) is 11.1 Å². The van der Waals surface area contributed by atoms with E-state index >= 15 is 0 Å². The number of carbonyl (C=O) groups is 2. The van der Waals surface area contributed by atoms with Crippen LogP contribution in [0.5, 0.6) is 5.75 Å². The molecule has 0 aliphatic carbocycles. The standard InChI is InChI=1S/C23H18N2O3/c26-22-20(23(27)25(24-22)19-12-5-2-6-13-19)15-18-11-7-8-14-21(18)28-16-17-9-3-1-4-10-17/h1-15H,16H2,(H,24,26)/b20-15+. The summed E-state index contributed by atoms with van der Waals surface area (Å²) in [6.07, 6.45) is 1.57. The summed E-state index contributed by atoms with van der Waals surface area (Å²) in [5, 5.41) is 1.25. The van der Waals surface area contributed by atoms with Gasteiger partial charge in [-0.15, -0.1) is 0 Å². The Morgan fingerprint density at radius 1 is 0.821 bits per heavy atom. The fourth-order valence-corrected chi connectivity index (χ4v) is 2.94. The normalized spacial score (nSPS) is 15.0. The van der Waals surface area contributed by atoms with E-state index in [1.165, 1.54) is 5.01 Å². The van der Waals surface area contributed by atoms with Crippen molar-refractivity contribution in [3.63, 3.8) is 0 Å². The summed E-state index contributed by atoms with van der Waals surface area (Å²) in [5.74, 6) is -0.224. The van der Waals surface area contributed by atoms with Crippen molar-refractivity contribution >= 4 is 23.6 Å². The van der Waals surface area contributed by atoms with Crippen LogP contribution in [-0.4, -0.2) is 11.8 Å². The van der Waals surface area contributed by atoms with E-state index in [0.717, 1.165) is 5.56 Å². The van der Waals surface area contributed by atoms with Crippen LogP contribution in [-0.2, 0) is 16.2 Å². The number of ether oxygens (including phenoxy) is 1. The summed E-state index contributed by atoms with van der Waals surface area (Å²) in [7, 11) is 0. The molecule has 0 radical (unpaired) electrons. The maximum atomic E-state index is 12.7. The van der Waals surface area contributed by atoms with Crippen molar-refractivity contribution in [3.8, 4) is 5.75 Å². The molecule has 28 heavy (non-hydrogen) atoms. The molecule has 0 bridgehead atoms. The van der Waals surface area contributed by atoms with Crippen LogP contribution < -0.4 is 15.2 Å². The quantitative estimate of drug-likeness (QED) is 0.550. The van der Waals surface area contributed by atoms with E-state index in [-0.39, 0.29) is 5.57 Å². The zero-order valence-electron chi connectivity index (χ0n) is 15.0. The minimum absolute atomic E-state index is 0.0691. The molecule has 4 rings (SSSR count). The molecule has 2 amide bonds. The van der Waals surface area contributed by atoms with Gasteiger partial charge in [-0.05, 0) is 29.8 Å². The van der Waals surface area contributed by atoms with Crippen LogP contribution in [0.4, 0.5) is 5.69 Å². The maximum absolute atomic E-state index is 12.7. The van der Waals surface area contributed by atoms with Gasteiger partial charge in [0.05, 0.1) is 5.69 Å². The van der Waals surface area contributed by atoms with Gasteiger partial charge in [0, 0.05) is 5.56 Å². The van der Waals surface area contributed by atoms with E-state index in [2.05, 4.69) is 5.43 Å². The summed E-state index contributed by atoms with van der Waals surface area (Å²) in [4.78, 5) is 25.1. The predicted molar refractivity (Wildman–Crippen MR) is 107 cm³/mol. The minimum atomic E-state index is -0.438. The summed E-state index contributed by atoms with van der Waals surface area (Å²) in [5.41, 5.74) is 4.99. The van der Waals surface area contributed by atoms with Crippen molar-refractivity contribution in [1.29, 1.82) is 0 Å². The Labute approximate surface area is 162 Å². The molecule has 0 spiro atoms. The zero-order chi connectivity index (χ0) is 19.3. The van der Waals surface area contributed by atoms with Crippen LogP contribution in [0.3, 0.4) is 0 Å². The van der Waals surface area contributed by atoms with E-state index in [0.29, 0.717) is 23.6 Å². The van der Waals surface area contributed by atoms with E-state index < -0.39 is 11.8 Å². The molecule has 1 aliphatic heterocycles. The average Bonchev–Trinajstić information content (AvgIpc) is 3.03. The molecule has 1 heterocycles. The number of hydrogen-bond acceptors (Lipinski definition) is 3. The Morgan fingerprint density at radius 3 is 2.21 bits per heavy atom. The highest BCUT2D eigenvalue weighted by atomic mass is 16.5. The lowest BCUT2D eigenvalue weighted by molar-refractivity contribution is -0.117. The number of nitrogens with one attached hydrogen (secondary N) is 1. The van der Waals surface area contributed by atoms with E-state index in [9.17, 15) is 9.59 Å². The summed E-state index contributed by atoms with van der Waals surface area (Å²) < 4.78 is 5.91. The molecule has 138 valence electrons. The summed E-state index contributed by atoms with van der Waals surface area (Å²) in [6, 6.07) is 26.1. The van der Waals surface area contributed by atoms with Crippen molar-refractivity contribution in [2.24, 2.45) is 0 Å². The minimum Gasteiger partial charge on any atom is -0.488 e. The first-order valence-corrected chi connectivity index (χ1v) is 8.90. The zero-order valence-corrected chi connectivity index (χ0v) is 15.0. The lowest BCUT2D eigenvalue weighted by atomic mass is 10.1. The third kappa shape index (κ3) is 3.64. The fourth-order valence-electron chi connectivity index (χ4n) is 2.94. The monoisotopic (exact) mass is 370 g/mol. The Hall–Kier alpha value is -3.86.